The molecule has 3 heteroatoms. The Morgan fingerprint density at radius 2 is 2.29 bits per heavy atom. The Labute approximate surface area is 104 Å². The lowest BCUT2D eigenvalue weighted by atomic mass is 9.99. The van der Waals surface area contributed by atoms with Gasteiger partial charge in [-0.2, -0.15) is 0 Å². The van der Waals surface area contributed by atoms with Crippen molar-refractivity contribution in [2.75, 3.05) is 6.54 Å². The van der Waals surface area contributed by atoms with Crippen LogP contribution in [0.15, 0.2) is 23.0 Å². The maximum Gasteiger partial charge on any atom is 0.0950 e. The van der Waals surface area contributed by atoms with Gasteiger partial charge >= 0.3 is 0 Å². The van der Waals surface area contributed by atoms with Crippen LogP contribution >= 0.6 is 0 Å². The Bertz CT molecular complexity index is 306. The van der Waals surface area contributed by atoms with E-state index in [2.05, 4.69) is 18.3 Å². The Morgan fingerprint density at radius 1 is 1.47 bits per heavy atom. The third-order valence-corrected chi connectivity index (χ3v) is 3.60. The molecule has 0 radical (unpaired) electrons. The summed E-state index contributed by atoms with van der Waals surface area (Å²) in [6, 6.07) is 2.85. The predicted molar refractivity (Wildman–Crippen MR) is 69.7 cm³/mol. The molecule has 0 aliphatic heterocycles. The van der Waals surface area contributed by atoms with E-state index in [1.165, 1.54) is 18.4 Å². The fourth-order valence-electron chi connectivity index (χ4n) is 2.30. The van der Waals surface area contributed by atoms with Crippen molar-refractivity contribution in [3.8, 4) is 0 Å². The van der Waals surface area contributed by atoms with Crippen LogP contribution < -0.4 is 11.1 Å². The summed E-state index contributed by atoms with van der Waals surface area (Å²) < 4.78 is 5.17. The standard InChI is InChI=1S/C14H24N2O/c1-2-8-16-14(12-7-9-17-10-12)6-5-13(15)11-3-4-11/h7,9-11,13-14,16H,2-6,8,15H2,1H3. The zero-order valence-electron chi connectivity index (χ0n) is 10.7. The molecule has 1 aliphatic rings. The van der Waals surface area contributed by atoms with Crippen molar-refractivity contribution in [2.24, 2.45) is 11.7 Å². The van der Waals surface area contributed by atoms with E-state index < -0.39 is 0 Å². The van der Waals surface area contributed by atoms with Crippen LogP contribution in [0, 0.1) is 5.92 Å². The number of furan rings is 1. The van der Waals surface area contributed by atoms with Gasteiger partial charge < -0.3 is 15.5 Å². The molecule has 0 aromatic carbocycles. The van der Waals surface area contributed by atoms with Gasteiger partial charge in [-0.25, -0.2) is 0 Å². The quantitative estimate of drug-likeness (QED) is 0.729. The van der Waals surface area contributed by atoms with E-state index in [-0.39, 0.29) is 0 Å². The van der Waals surface area contributed by atoms with Gasteiger partial charge in [0.15, 0.2) is 0 Å². The molecule has 2 atom stereocenters. The van der Waals surface area contributed by atoms with E-state index in [9.17, 15) is 0 Å². The highest BCUT2D eigenvalue weighted by Crippen LogP contribution is 2.34. The lowest BCUT2D eigenvalue weighted by Gasteiger charge is -2.19. The molecule has 0 spiro atoms. The van der Waals surface area contributed by atoms with Gasteiger partial charge in [-0.15, -0.1) is 0 Å². The van der Waals surface area contributed by atoms with E-state index in [1.54, 1.807) is 6.26 Å². The molecule has 1 saturated carbocycles. The molecule has 1 heterocycles. The van der Waals surface area contributed by atoms with Gasteiger partial charge in [0, 0.05) is 17.6 Å². The minimum Gasteiger partial charge on any atom is -0.472 e. The van der Waals surface area contributed by atoms with Gasteiger partial charge in [-0.1, -0.05) is 6.92 Å². The number of nitrogens with two attached hydrogens (primary N) is 1. The minimum atomic E-state index is 0.396. The summed E-state index contributed by atoms with van der Waals surface area (Å²) in [6.07, 6.45) is 9.63. The molecule has 0 amide bonds. The van der Waals surface area contributed by atoms with Gasteiger partial charge in [0.25, 0.3) is 0 Å². The van der Waals surface area contributed by atoms with Gasteiger partial charge in [0.2, 0.25) is 0 Å². The van der Waals surface area contributed by atoms with E-state index in [1.807, 2.05) is 6.26 Å². The first-order chi connectivity index (χ1) is 8.31. The predicted octanol–water partition coefficient (Wildman–Crippen LogP) is 2.84. The van der Waals surface area contributed by atoms with Crippen molar-refractivity contribution < 1.29 is 4.42 Å². The molecule has 2 unspecified atom stereocenters. The van der Waals surface area contributed by atoms with Crippen molar-refractivity contribution in [1.82, 2.24) is 5.32 Å². The minimum absolute atomic E-state index is 0.396. The van der Waals surface area contributed by atoms with Crippen LogP contribution in [-0.4, -0.2) is 12.6 Å². The van der Waals surface area contributed by atoms with Gasteiger partial charge in [0.1, 0.15) is 0 Å². The zero-order valence-corrected chi connectivity index (χ0v) is 10.7. The first kappa shape index (κ1) is 12.7. The van der Waals surface area contributed by atoms with Crippen molar-refractivity contribution in [3.63, 3.8) is 0 Å². The molecule has 3 N–H and O–H groups in total. The summed E-state index contributed by atoms with van der Waals surface area (Å²) in [5, 5.41) is 3.57. The van der Waals surface area contributed by atoms with Crippen LogP contribution in [0.2, 0.25) is 0 Å². The SMILES string of the molecule is CCCNC(CCC(N)C1CC1)c1ccoc1. The lowest BCUT2D eigenvalue weighted by molar-refractivity contribution is 0.433. The van der Waals surface area contributed by atoms with Crippen molar-refractivity contribution in [3.05, 3.63) is 24.2 Å². The highest BCUT2D eigenvalue weighted by molar-refractivity contribution is 5.11. The first-order valence-electron chi connectivity index (χ1n) is 6.82. The summed E-state index contributed by atoms with van der Waals surface area (Å²) in [5.74, 6) is 0.797. The number of hydrogen-bond donors (Lipinski definition) is 2. The molecular formula is C14H24N2O. The molecule has 0 bridgehead atoms. The summed E-state index contributed by atoms with van der Waals surface area (Å²) in [6.45, 7) is 3.24. The molecule has 0 saturated heterocycles. The molecule has 2 rings (SSSR count). The van der Waals surface area contributed by atoms with Crippen molar-refractivity contribution in [1.29, 1.82) is 0 Å². The molecule has 3 nitrogen and oxygen atoms in total. The number of nitrogens with one attached hydrogen (secondary N) is 1. The molecule has 1 aromatic heterocycles. The second-order valence-corrected chi connectivity index (χ2v) is 5.14. The van der Waals surface area contributed by atoms with Gasteiger partial charge in [0.05, 0.1) is 12.5 Å². The third-order valence-electron chi connectivity index (χ3n) is 3.60. The van der Waals surface area contributed by atoms with E-state index in [4.69, 9.17) is 10.2 Å². The fraction of sp³-hybridized carbons (Fsp3) is 0.714. The van der Waals surface area contributed by atoms with Gasteiger partial charge in [-0.3, -0.25) is 0 Å². The Morgan fingerprint density at radius 3 is 2.88 bits per heavy atom. The monoisotopic (exact) mass is 236 g/mol. The van der Waals surface area contributed by atoms with Crippen LogP contribution in [0.5, 0.6) is 0 Å². The highest BCUT2D eigenvalue weighted by Gasteiger charge is 2.28. The van der Waals surface area contributed by atoms with Crippen LogP contribution in [0.25, 0.3) is 0 Å². The largest absolute Gasteiger partial charge is 0.472 e. The number of hydrogen-bond acceptors (Lipinski definition) is 3. The van der Waals surface area contributed by atoms with E-state index >= 15 is 0 Å². The Balaban J connectivity index is 1.81. The van der Waals surface area contributed by atoms with Gasteiger partial charge in [-0.05, 0) is 50.6 Å². The molecule has 1 fully saturated rings. The van der Waals surface area contributed by atoms with E-state index in [0.29, 0.717) is 12.1 Å². The molecule has 1 aliphatic carbocycles. The first-order valence-corrected chi connectivity index (χ1v) is 6.82. The van der Waals surface area contributed by atoms with Crippen LogP contribution in [0.4, 0.5) is 0 Å². The van der Waals surface area contributed by atoms with Crippen LogP contribution in [-0.2, 0) is 0 Å². The smallest absolute Gasteiger partial charge is 0.0950 e. The van der Waals surface area contributed by atoms with Crippen molar-refractivity contribution in [2.45, 2.75) is 51.1 Å². The summed E-state index contributed by atoms with van der Waals surface area (Å²) in [5.41, 5.74) is 7.41. The molecular weight excluding hydrogens is 212 g/mol. The average Bonchev–Trinajstić information content (AvgIpc) is 3.06. The Hall–Kier alpha value is -0.800. The summed E-state index contributed by atoms with van der Waals surface area (Å²) in [4.78, 5) is 0. The second-order valence-electron chi connectivity index (χ2n) is 5.14. The fourth-order valence-corrected chi connectivity index (χ4v) is 2.30. The van der Waals surface area contributed by atoms with Crippen LogP contribution in [0.1, 0.15) is 50.6 Å². The molecule has 96 valence electrons. The molecule has 1 aromatic rings. The van der Waals surface area contributed by atoms with Crippen LogP contribution in [0.3, 0.4) is 0 Å². The molecule has 17 heavy (non-hydrogen) atoms. The maximum atomic E-state index is 6.16. The number of rotatable bonds is 8. The normalized spacial score (nSPS) is 19.2. The second kappa shape index (κ2) is 6.22. The topological polar surface area (TPSA) is 51.2 Å². The van der Waals surface area contributed by atoms with E-state index in [0.717, 1.165) is 31.7 Å². The average molecular weight is 236 g/mol. The zero-order chi connectivity index (χ0) is 12.1. The Kier molecular flexibility index (Phi) is 4.63. The maximum absolute atomic E-state index is 6.16. The lowest BCUT2D eigenvalue weighted by Crippen LogP contribution is -2.27. The highest BCUT2D eigenvalue weighted by atomic mass is 16.3. The third kappa shape index (κ3) is 3.86. The van der Waals surface area contributed by atoms with Crippen molar-refractivity contribution >= 4 is 0 Å². The summed E-state index contributed by atoms with van der Waals surface area (Å²) >= 11 is 0. The summed E-state index contributed by atoms with van der Waals surface area (Å²) in [7, 11) is 0.